The molecule has 3 aromatic heterocycles. The van der Waals surface area contributed by atoms with Crippen LogP contribution in [-0.4, -0.2) is 38.0 Å². The Morgan fingerprint density at radius 2 is 2.15 bits per heavy atom. The van der Waals surface area contributed by atoms with Gasteiger partial charge in [-0.1, -0.05) is 32.5 Å². The second-order valence-corrected chi connectivity index (χ2v) is 11.2. The number of nitrogens with zero attached hydrogens (tertiary/aromatic N) is 4. The standard InChI is InChI=1S/C24H25N5O3S2/c1-12(2)21-26-23-20(15-6-4-13(3)8-18(15)34-23)22-27-28-24(29(21)22)33-10-19(30)25-14-5-7-16-17(9-14)32-11-31-16/h5,7,9,12-13H,4,6,8,10-11H2,1-3H3,(H,25,30)/t13-/m0/s1. The number of aromatic nitrogens is 4. The molecular weight excluding hydrogens is 470 g/mol. The van der Waals surface area contributed by atoms with Gasteiger partial charge in [0.2, 0.25) is 12.7 Å². The number of benzene rings is 1. The van der Waals surface area contributed by atoms with Gasteiger partial charge < -0.3 is 14.8 Å². The van der Waals surface area contributed by atoms with Crippen LogP contribution in [0.1, 0.15) is 49.4 Å². The first kappa shape index (κ1) is 21.7. The molecule has 4 aromatic rings. The Balaban J connectivity index is 1.29. The molecule has 0 fully saturated rings. The fourth-order valence-electron chi connectivity index (χ4n) is 4.62. The van der Waals surface area contributed by atoms with Crippen molar-refractivity contribution < 1.29 is 14.3 Å². The van der Waals surface area contributed by atoms with Gasteiger partial charge in [-0.25, -0.2) is 4.98 Å². The van der Waals surface area contributed by atoms with Crippen LogP contribution in [0.3, 0.4) is 0 Å². The quantitative estimate of drug-likeness (QED) is 0.388. The molecule has 1 atom stereocenters. The van der Waals surface area contributed by atoms with Gasteiger partial charge in [-0.3, -0.25) is 9.20 Å². The van der Waals surface area contributed by atoms with E-state index in [1.54, 1.807) is 29.5 Å². The number of hydrogen-bond acceptors (Lipinski definition) is 8. The number of anilines is 1. The van der Waals surface area contributed by atoms with Crippen LogP contribution in [0.15, 0.2) is 23.4 Å². The number of thiophene rings is 1. The lowest BCUT2D eigenvalue weighted by Crippen LogP contribution is -2.14. The molecule has 1 aromatic carbocycles. The van der Waals surface area contributed by atoms with Crippen LogP contribution in [0.4, 0.5) is 5.69 Å². The molecule has 0 spiro atoms. The first-order valence-corrected chi connectivity index (χ1v) is 13.3. The van der Waals surface area contributed by atoms with Crippen molar-refractivity contribution in [1.82, 2.24) is 19.6 Å². The molecule has 8 nitrogen and oxygen atoms in total. The Morgan fingerprint density at radius 3 is 3.00 bits per heavy atom. The number of carbonyl (C=O) groups excluding carboxylic acids is 1. The minimum atomic E-state index is -0.123. The van der Waals surface area contributed by atoms with Crippen LogP contribution >= 0.6 is 23.1 Å². The molecule has 0 bridgehead atoms. The molecule has 0 saturated carbocycles. The Hall–Kier alpha value is -2.85. The molecule has 34 heavy (non-hydrogen) atoms. The van der Waals surface area contributed by atoms with E-state index in [1.165, 1.54) is 28.6 Å². The maximum absolute atomic E-state index is 12.7. The Labute approximate surface area is 205 Å². The summed E-state index contributed by atoms with van der Waals surface area (Å²) >= 11 is 3.18. The molecule has 6 rings (SSSR count). The second-order valence-electron chi connectivity index (χ2n) is 9.20. The van der Waals surface area contributed by atoms with Gasteiger partial charge >= 0.3 is 0 Å². The van der Waals surface area contributed by atoms with E-state index in [4.69, 9.17) is 14.5 Å². The number of amides is 1. The van der Waals surface area contributed by atoms with Gasteiger partial charge in [0.05, 0.1) is 11.1 Å². The van der Waals surface area contributed by atoms with Gasteiger partial charge in [0, 0.05) is 22.5 Å². The van der Waals surface area contributed by atoms with Gasteiger partial charge in [-0.2, -0.15) is 0 Å². The van der Waals surface area contributed by atoms with Crippen LogP contribution in [0.25, 0.3) is 15.9 Å². The molecule has 10 heteroatoms. The van der Waals surface area contributed by atoms with E-state index >= 15 is 0 Å². The lowest BCUT2D eigenvalue weighted by molar-refractivity contribution is -0.113. The largest absolute Gasteiger partial charge is 0.454 e. The molecule has 0 saturated heterocycles. The predicted octanol–water partition coefficient (Wildman–Crippen LogP) is 5.05. The number of aryl methyl sites for hydroxylation is 1. The maximum atomic E-state index is 12.7. The van der Waals surface area contributed by atoms with Crippen molar-refractivity contribution in [1.29, 1.82) is 0 Å². The third-order valence-electron chi connectivity index (χ3n) is 6.30. The fourth-order valence-corrected chi connectivity index (χ4v) is 6.74. The predicted molar refractivity (Wildman–Crippen MR) is 133 cm³/mol. The highest BCUT2D eigenvalue weighted by Gasteiger charge is 2.26. The van der Waals surface area contributed by atoms with Crippen LogP contribution < -0.4 is 14.8 Å². The lowest BCUT2D eigenvalue weighted by Gasteiger charge is -2.17. The number of nitrogens with one attached hydrogen (secondary N) is 1. The average molecular weight is 496 g/mol. The van der Waals surface area contributed by atoms with Gasteiger partial charge in [0.15, 0.2) is 22.3 Å². The zero-order chi connectivity index (χ0) is 23.4. The monoisotopic (exact) mass is 495 g/mol. The summed E-state index contributed by atoms with van der Waals surface area (Å²) in [6, 6.07) is 5.38. The van der Waals surface area contributed by atoms with Crippen LogP contribution in [-0.2, 0) is 17.6 Å². The lowest BCUT2D eigenvalue weighted by atomic mass is 9.89. The van der Waals surface area contributed by atoms with Gasteiger partial charge in [-0.15, -0.1) is 21.5 Å². The summed E-state index contributed by atoms with van der Waals surface area (Å²) in [7, 11) is 0. The normalized spacial score (nSPS) is 17.0. The van der Waals surface area contributed by atoms with E-state index in [9.17, 15) is 4.79 Å². The molecular formula is C24H25N5O3S2. The molecule has 1 N–H and O–H groups in total. The Kier molecular flexibility index (Phi) is 5.37. The first-order chi connectivity index (χ1) is 16.5. The highest BCUT2D eigenvalue weighted by molar-refractivity contribution is 7.99. The summed E-state index contributed by atoms with van der Waals surface area (Å²) in [6.45, 7) is 6.78. The summed E-state index contributed by atoms with van der Waals surface area (Å²) in [4.78, 5) is 20.2. The van der Waals surface area contributed by atoms with E-state index in [1.807, 2.05) is 0 Å². The van der Waals surface area contributed by atoms with Gasteiger partial charge in [-0.05, 0) is 42.9 Å². The molecule has 4 heterocycles. The zero-order valence-corrected chi connectivity index (χ0v) is 20.9. The molecule has 0 unspecified atom stereocenters. The summed E-state index contributed by atoms with van der Waals surface area (Å²) in [5.41, 5.74) is 2.92. The highest BCUT2D eigenvalue weighted by Crippen LogP contribution is 2.40. The third kappa shape index (κ3) is 3.69. The fraction of sp³-hybridized carbons (Fsp3) is 0.417. The van der Waals surface area contributed by atoms with Crippen molar-refractivity contribution in [3.63, 3.8) is 0 Å². The van der Waals surface area contributed by atoms with E-state index in [0.717, 1.165) is 34.5 Å². The number of hydrogen-bond donors (Lipinski definition) is 1. The van der Waals surface area contributed by atoms with Crippen molar-refractivity contribution in [2.75, 3.05) is 17.9 Å². The number of thioether (sulfide) groups is 1. The minimum absolute atomic E-state index is 0.123. The topological polar surface area (TPSA) is 90.6 Å². The number of ether oxygens (including phenoxy) is 2. The van der Waals surface area contributed by atoms with Crippen LogP contribution in [0.5, 0.6) is 11.5 Å². The van der Waals surface area contributed by atoms with E-state index in [-0.39, 0.29) is 24.4 Å². The first-order valence-electron chi connectivity index (χ1n) is 11.5. The smallest absolute Gasteiger partial charge is 0.234 e. The van der Waals surface area contributed by atoms with Crippen molar-refractivity contribution in [2.24, 2.45) is 5.92 Å². The third-order valence-corrected chi connectivity index (χ3v) is 8.38. The van der Waals surface area contributed by atoms with Gasteiger partial charge in [0.25, 0.3) is 0 Å². The van der Waals surface area contributed by atoms with E-state index in [2.05, 4.69) is 40.7 Å². The highest BCUT2D eigenvalue weighted by atomic mass is 32.2. The maximum Gasteiger partial charge on any atom is 0.234 e. The molecule has 1 amide bonds. The van der Waals surface area contributed by atoms with Gasteiger partial charge in [0.1, 0.15) is 10.7 Å². The van der Waals surface area contributed by atoms with Crippen molar-refractivity contribution in [2.45, 2.75) is 51.1 Å². The Bertz CT molecular complexity index is 1430. The zero-order valence-electron chi connectivity index (χ0n) is 19.3. The SMILES string of the molecule is CC(C)c1nc2sc3c(c2c2nnc(SCC(=O)Nc4ccc5c(c4)OCO5)n12)CC[C@H](C)C3. The summed E-state index contributed by atoms with van der Waals surface area (Å²) in [5.74, 6) is 3.24. The number of rotatable bonds is 5. The molecule has 1 aliphatic carbocycles. The number of fused-ring (bicyclic) bond motifs is 6. The van der Waals surface area contributed by atoms with Crippen LogP contribution in [0.2, 0.25) is 0 Å². The second kappa shape index (κ2) is 8.42. The summed E-state index contributed by atoms with van der Waals surface area (Å²) in [6.07, 6.45) is 3.35. The minimum Gasteiger partial charge on any atom is -0.454 e. The van der Waals surface area contributed by atoms with E-state index < -0.39 is 0 Å². The molecule has 1 aliphatic heterocycles. The van der Waals surface area contributed by atoms with Crippen molar-refractivity contribution in [3.8, 4) is 11.5 Å². The molecule has 0 radical (unpaired) electrons. The molecule has 2 aliphatic rings. The average Bonchev–Trinajstić information content (AvgIpc) is 3.52. The van der Waals surface area contributed by atoms with Crippen LogP contribution in [0, 0.1) is 5.92 Å². The summed E-state index contributed by atoms with van der Waals surface area (Å²) < 4.78 is 12.8. The number of carbonyl (C=O) groups is 1. The van der Waals surface area contributed by atoms with Crippen molar-refractivity contribution in [3.05, 3.63) is 34.5 Å². The summed E-state index contributed by atoms with van der Waals surface area (Å²) in [5, 5.41) is 13.8. The Morgan fingerprint density at radius 1 is 1.29 bits per heavy atom. The molecule has 176 valence electrons. The van der Waals surface area contributed by atoms with Crippen molar-refractivity contribution >= 4 is 50.6 Å². The van der Waals surface area contributed by atoms with E-state index in [0.29, 0.717) is 28.3 Å².